The molecule has 7 heteroatoms. The Hall–Kier alpha value is -1.73. The van der Waals surface area contributed by atoms with Crippen LogP contribution in [0.3, 0.4) is 0 Å². The zero-order valence-corrected chi connectivity index (χ0v) is 20.4. The quantitative estimate of drug-likeness (QED) is 0.494. The van der Waals surface area contributed by atoms with Crippen molar-refractivity contribution < 1.29 is 14.3 Å². The Balaban J connectivity index is 1.60. The summed E-state index contributed by atoms with van der Waals surface area (Å²) in [5.74, 6) is 1.24. The molecule has 2 aromatic rings. The van der Waals surface area contributed by atoms with Crippen LogP contribution in [-0.4, -0.2) is 40.9 Å². The minimum absolute atomic E-state index is 0.100. The Bertz CT molecular complexity index is 850. The number of carbonyl (C=O) groups is 1. The van der Waals surface area contributed by atoms with E-state index in [0.717, 1.165) is 29.3 Å². The van der Waals surface area contributed by atoms with Gasteiger partial charge in [-0.15, -0.1) is 23.1 Å². The summed E-state index contributed by atoms with van der Waals surface area (Å²) in [6, 6.07) is 8.17. The molecule has 1 aliphatic heterocycles. The molecule has 0 aliphatic carbocycles. The second-order valence-electron chi connectivity index (χ2n) is 8.67. The lowest BCUT2D eigenvalue weighted by Gasteiger charge is -2.32. The molecule has 0 saturated carbocycles. The smallest absolute Gasteiger partial charge is 0.410 e. The third-order valence-corrected chi connectivity index (χ3v) is 6.99. The zero-order chi connectivity index (χ0) is 21.9. The van der Waals surface area contributed by atoms with Crippen LogP contribution in [0.15, 0.2) is 29.2 Å². The van der Waals surface area contributed by atoms with Crippen molar-refractivity contribution in [3.05, 3.63) is 39.8 Å². The number of thiazole rings is 1. The molecule has 1 aromatic carbocycles. The molecule has 1 unspecified atom stereocenters. The van der Waals surface area contributed by atoms with Gasteiger partial charge < -0.3 is 14.4 Å². The van der Waals surface area contributed by atoms with Gasteiger partial charge in [0.25, 0.3) is 0 Å². The number of nitrogens with zero attached hydrogens (tertiary/aromatic N) is 2. The lowest BCUT2D eigenvalue weighted by atomic mass is 9.98. The first-order chi connectivity index (χ1) is 14.2. The van der Waals surface area contributed by atoms with Crippen molar-refractivity contribution in [3.8, 4) is 5.75 Å². The van der Waals surface area contributed by atoms with Crippen LogP contribution in [-0.2, 0) is 4.74 Å². The fourth-order valence-corrected chi connectivity index (χ4v) is 5.12. The Morgan fingerprint density at radius 3 is 2.43 bits per heavy atom. The van der Waals surface area contributed by atoms with E-state index in [1.807, 2.05) is 37.8 Å². The summed E-state index contributed by atoms with van der Waals surface area (Å²) in [5, 5.41) is 1.15. The number of benzene rings is 1. The lowest BCUT2D eigenvalue weighted by molar-refractivity contribution is 0.0205. The number of hydrogen-bond donors (Lipinski definition) is 0. The Morgan fingerprint density at radius 1 is 1.23 bits per heavy atom. The molecule has 30 heavy (non-hydrogen) atoms. The number of carbonyl (C=O) groups excluding carboxylic acids is 1. The fraction of sp³-hybridized carbons (Fsp3) is 0.565. The van der Waals surface area contributed by atoms with Gasteiger partial charge in [0, 0.05) is 28.8 Å². The molecule has 0 N–H and O–H groups in total. The first kappa shape index (κ1) is 22.9. The highest BCUT2D eigenvalue weighted by Gasteiger charge is 2.29. The molecule has 1 saturated heterocycles. The van der Waals surface area contributed by atoms with E-state index in [1.165, 1.54) is 9.77 Å². The van der Waals surface area contributed by atoms with Crippen LogP contribution >= 0.6 is 23.1 Å². The predicted molar refractivity (Wildman–Crippen MR) is 124 cm³/mol. The van der Waals surface area contributed by atoms with Gasteiger partial charge in [0.2, 0.25) is 0 Å². The number of hydrogen-bond acceptors (Lipinski definition) is 6. The van der Waals surface area contributed by atoms with E-state index in [2.05, 4.69) is 32.2 Å². The van der Waals surface area contributed by atoms with Crippen LogP contribution in [0.5, 0.6) is 5.75 Å². The molecule has 0 spiro atoms. The number of piperidine rings is 1. The maximum absolute atomic E-state index is 12.3. The largest absolute Gasteiger partial charge is 0.484 e. The average molecular weight is 449 g/mol. The van der Waals surface area contributed by atoms with Gasteiger partial charge in [-0.25, -0.2) is 9.78 Å². The molecule has 0 radical (unpaired) electrons. The van der Waals surface area contributed by atoms with Gasteiger partial charge in [0.05, 0.1) is 10.7 Å². The van der Waals surface area contributed by atoms with Crippen molar-refractivity contribution >= 4 is 29.2 Å². The summed E-state index contributed by atoms with van der Waals surface area (Å²) >= 11 is 3.48. The second-order valence-corrected chi connectivity index (χ2v) is 10.8. The van der Waals surface area contributed by atoms with Gasteiger partial charge in [0.15, 0.2) is 0 Å². The first-order valence-corrected chi connectivity index (χ1v) is 12.5. The van der Waals surface area contributed by atoms with Crippen molar-refractivity contribution in [1.29, 1.82) is 0 Å². The molecule has 5 nitrogen and oxygen atoms in total. The van der Waals surface area contributed by atoms with Crippen molar-refractivity contribution in [1.82, 2.24) is 9.88 Å². The van der Waals surface area contributed by atoms with Crippen LogP contribution < -0.4 is 4.74 Å². The lowest BCUT2D eigenvalue weighted by Crippen LogP contribution is -2.41. The second kappa shape index (κ2) is 9.60. The van der Waals surface area contributed by atoms with Crippen LogP contribution in [0.2, 0.25) is 0 Å². The number of thioether (sulfide) groups is 1. The fourth-order valence-electron chi connectivity index (χ4n) is 3.53. The molecule has 1 atom stereocenters. The molecular formula is C23H32N2O3S2. The highest BCUT2D eigenvalue weighted by Crippen LogP contribution is 2.35. The maximum atomic E-state index is 12.3. The molecule has 164 valence electrons. The summed E-state index contributed by atoms with van der Waals surface area (Å²) in [6.45, 7) is 11.3. The number of ether oxygens (including phenoxy) is 2. The highest BCUT2D eigenvalue weighted by atomic mass is 32.2. The highest BCUT2D eigenvalue weighted by molar-refractivity contribution is 7.98. The summed E-state index contributed by atoms with van der Waals surface area (Å²) < 4.78 is 11.6. The summed E-state index contributed by atoms with van der Waals surface area (Å²) in [5.41, 5.74) is 0.555. The van der Waals surface area contributed by atoms with Crippen molar-refractivity contribution in [2.24, 2.45) is 0 Å². The zero-order valence-electron chi connectivity index (χ0n) is 18.7. The number of rotatable bonds is 5. The van der Waals surface area contributed by atoms with Crippen LogP contribution in [0.4, 0.5) is 4.79 Å². The first-order valence-electron chi connectivity index (χ1n) is 10.4. The topological polar surface area (TPSA) is 51.7 Å². The molecule has 1 fully saturated rings. The van der Waals surface area contributed by atoms with Gasteiger partial charge in [-0.3, -0.25) is 0 Å². The van der Waals surface area contributed by atoms with Crippen LogP contribution in [0.1, 0.15) is 68.1 Å². The van der Waals surface area contributed by atoms with Gasteiger partial charge in [0.1, 0.15) is 17.5 Å². The average Bonchev–Trinajstić information content (AvgIpc) is 3.09. The summed E-state index contributed by atoms with van der Waals surface area (Å²) in [4.78, 5) is 21.5. The van der Waals surface area contributed by atoms with E-state index in [1.54, 1.807) is 23.1 Å². The Morgan fingerprint density at radius 2 is 1.87 bits per heavy atom. The Labute approximate surface area is 188 Å². The predicted octanol–water partition coefficient (Wildman–Crippen LogP) is 6.43. The van der Waals surface area contributed by atoms with E-state index < -0.39 is 5.60 Å². The van der Waals surface area contributed by atoms with Crippen molar-refractivity contribution in [2.45, 2.75) is 70.0 Å². The minimum Gasteiger partial charge on any atom is -0.484 e. The number of aromatic nitrogens is 1. The SMILES string of the molecule is CSc1ccc(OC(C)c2nc(C3CCN(C(=O)OC(C)(C)C)CC3)sc2C)cc1. The van der Waals surface area contributed by atoms with Gasteiger partial charge in [-0.1, -0.05) is 0 Å². The number of likely N-dealkylation sites (tertiary alicyclic amines) is 1. The van der Waals surface area contributed by atoms with E-state index in [-0.39, 0.29) is 12.2 Å². The monoisotopic (exact) mass is 448 g/mol. The molecule has 2 heterocycles. The van der Waals surface area contributed by atoms with E-state index in [4.69, 9.17) is 14.5 Å². The van der Waals surface area contributed by atoms with Crippen molar-refractivity contribution in [2.75, 3.05) is 19.3 Å². The molecule has 3 rings (SSSR count). The van der Waals surface area contributed by atoms with Gasteiger partial charge >= 0.3 is 6.09 Å². The van der Waals surface area contributed by atoms with Crippen molar-refractivity contribution in [3.63, 3.8) is 0 Å². The number of amides is 1. The number of aryl methyl sites for hydroxylation is 1. The minimum atomic E-state index is -0.457. The van der Waals surface area contributed by atoms with Gasteiger partial charge in [-0.05, 0) is 78.0 Å². The molecular weight excluding hydrogens is 416 g/mol. The summed E-state index contributed by atoms with van der Waals surface area (Å²) in [7, 11) is 0. The molecule has 1 aromatic heterocycles. The molecule has 1 aliphatic rings. The standard InChI is InChI=1S/C23H32N2O3S2/c1-15(27-18-7-9-19(29-6)10-8-18)20-16(2)30-21(24-20)17-11-13-25(14-12-17)22(26)28-23(3,4)5/h7-10,15,17H,11-14H2,1-6H3. The Kier molecular flexibility index (Phi) is 7.34. The molecule has 0 bridgehead atoms. The van der Waals surface area contributed by atoms with E-state index in [9.17, 15) is 4.79 Å². The third kappa shape index (κ3) is 5.91. The maximum Gasteiger partial charge on any atom is 0.410 e. The van der Waals surface area contributed by atoms with E-state index in [0.29, 0.717) is 19.0 Å². The van der Waals surface area contributed by atoms with E-state index >= 15 is 0 Å². The van der Waals surface area contributed by atoms with Crippen LogP contribution in [0.25, 0.3) is 0 Å². The normalized spacial score (nSPS) is 16.4. The third-order valence-electron chi connectivity index (χ3n) is 5.10. The summed E-state index contributed by atoms with van der Waals surface area (Å²) in [6.07, 6.45) is 3.58. The van der Waals surface area contributed by atoms with Crippen LogP contribution in [0, 0.1) is 6.92 Å². The molecule has 1 amide bonds. The van der Waals surface area contributed by atoms with Gasteiger partial charge in [-0.2, -0.15) is 0 Å².